The van der Waals surface area contributed by atoms with Gasteiger partial charge in [0.2, 0.25) is 0 Å². The van der Waals surface area contributed by atoms with Crippen molar-refractivity contribution in [2.24, 2.45) is 0 Å². The van der Waals surface area contributed by atoms with Crippen LogP contribution in [0.25, 0.3) is 10.6 Å². The van der Waals surface area contributed by atoms with E-state index >= 15 is 0 Å². The van der Waals surface area contributed by atoms with Gasteiger partial charge in [-0.3, -0.25) is 9.69 Å². The quantitative estimate of drug-likeness (QED) is 0.653. The summed E-state index contributed by atoms with van der Waals surface area (Å²) < 4.78 is 0. The number of nitrogens with one attached hydrogen (secondary N) is 1. The highest BCUT2D eigenvalue weighted by Gasteiger charge is 2.51. The summed E-state index contributed by atoms with van der Waals surface area (Å²) in [5, 5.41) is 5.70. The summed E-state index contributed by atoms with van der Waals surface area (Å²) in [6.45, 7) is 4.12. The monoisotopic (exact) mass is 391 g/mol. The SMILES string of the molecule is CC[C@]1(c2ccccc2)NC(=O)N(Cc2csc(-c3ccc(C)cc3)n2)C1=O. The van der Waals surface area contributed by atoms with Crippen molar-refractivity contribution in [3.8, 4) is 10.6 Å². The number of hydrogen-bond acceptors (Lipinski definition) is 4. The van der Waals surface area contributed by atoms with Crippen LogP contribution in [0.4, 0.5) is 4.79 Å². The molecule has 1 N–H and O–H groups in total. The highest BCUT2D eigenvalue weighted by molar-refractivity contribution is 7.13. The number of benzene rings is 2. The summed E-state index contributed by atoms with van der Waals surface area (Å²) in [7, 11) is 0. The van der Waals surface area contributed by atoms with E-state index in [-0.39, 0.29) is 18.5 Å². The molecule has 0 bridgehead atoms. The molecule has 4 rings (SSSR count). The van der Waals surface area contributed by atoms with Crippen LogP contribution >= 0.6 is 11.3 Å². The van der Waals surface area contributed by atoms with Gasteiger partial charge in [-0.2, -0.15) is 0 Å². The molecule has 1 aliphatic rings. The van der Waals surface area contributed by atoms with E-state index < -0.39 is 5.54 Å². The first-order valence-corrected chi connectivity index (χ1v) is 10.1. The number of amides is 3. The summed E-state index contributed by atoms with van der Waals surface area (Å²) in [5.74, 6) is -0.226. The van der Waals surface area contributed by atoms with Crippen LogP contribution in [0.1, 0.15) is 30.2 Å². The first-order chi connectivity index (χ1) is 13.5. The predicted octanol–water partition coefficient (Wildman–Crippen LogP) is 4.48. The zero-order valence-corrected chi connectivity index (χ0v) is 16.6. The van der Waals surface area contributed by atoms with E-state index in [1.54, 1.807) is 0 Å². The lowest BCUT2D eigenvalue weighted by Crippen LogP contribution is -2.43. The summed E-state index contributed by atoms with van der Waals surface area (Å²) in [4.78, 5) is 31.7. The van der Waals surface area contributed by atoms with Crippen molar-refractivity contribution >= 4 is 23.3 Å². The number of urea groups is 1. The molecule has 1 fully saturated rings. The second-order valence-corrected chi connectivity index (χ2v) is 7.81. The molecule has 0 unspecified atom stereocenters. The van der Waals surface area contributed by atoms with Gasteiger partial charge in [0.05, 0.1) is 12.2 Å². The zero-order valence-electron chi connectivity index (χ0n) is 15.8. The number of aromatic nitrogens is 1. The highest BCUT2D eigenvalue weighted by Crippen LogP contribution is 2.33. The fourth-order valence-electron chi connectivity index (χ4n) is 3.50. The maximum absolute atomic E-state index is 13.2. The Labute approximate surface area is 168 Å². The smallest absolute Gasteiger partial charge is 0.319 e. The molecule has 6 heteroatoms. The van der Waals surface area contributed by atoms with Crippen LogP contribution in [0.3, 0.4) is 0 Å². The molecule has 142 valence electrons. The zero-order chi connectivity index (χ0) is 19.7. The summed E-state index contributed by atoms with van der Waals surface area (Å²) in [5.41, 5.74) is 2.73. The van der Waals surface area contributed by atoms with Gasteiger partial charge in [-0.25, -0.2) is 9.78 Å². The van der Waals surface area contributed by atoms with Crippen molar-refractivity contribution in [1.82, 2.24) is 15.2 Å². The molecular weight excluding hydrogens is 370 g/mol. The van der Waals surface area contributed by atoms with Crippen LogP contribution in [0.2, 0.25) is 0 Å². The van der Waals surface area contributed by atoms with Crippen molar-refractivity contribution in [3.63, 3.8) is 0 Å². The number of thiazole rings is 1. The van der Waals surface area contributed by atoms with Gasteiger partial charge in [-0.05, 0) is 18.9 Å². The van der Waals surface area contributed by atoms with E-state index in [1.165, 1.54) is 21.8 Å². The summed E-state index contributed by atoms with van der Waals surface area (Å²) in [6.07, 6.45) is 0.490. The number of aryl methyl sites for hydroxylation is 1. The van der Waals surface area contributed by atoms with E-state index in [0.29, 0.717) is 12.1 Å². The lowest BCUT2D eigenvalue weighted by atomic mass is 9.87. The maximum atomic E-state index is 13.2. The van der Waals surface area contributed by atoms with Crippen molar-refractivity contribution in [1.29, 1.82) is 0 Å². The highest BCUT2D eigenvalue weighted by atomic mass is 32.1. The summed E-state index contributed by atoms with van der Waals surface area (Å²) >= 11 is 1.52. The number of hydrogen-bond donors (Lipinski definition) is 1. The molecule has 0 saturated carbocycles. The van der Waals surface area contributed by atoms with E-state index in [1.807, 2.05) is 73.8 Å². The normalized spacial score (nSPS) is 19.1. The van der Waals surface area contributed by atoms with E-state index in [9.17, 15) is 9.59 Å². The predicted molar refractivity (Wildman–Crippen MR) is 110 cm³/mol. The molecule has 0 aliphatic carbocycles. The molecule has 1 saturated heterocycles. The molecular formula is C22H21N3O2S. The maximum Gasteiger partial charge on any atom is 0.325 e. The second kappa shape index (κ2) is 7.20. The third-order valence-electron chi connectivity index (χ3n) is 5.14. The molecule has 28 heavy (non-hydrogen) atoms. The van der Waals surface area contributed by atoms with Crippen LogP contribution in [0, 0.1) is 6.92 Å². The average Bonchev–Trinajstić information content (AvgIpc) is 3.28. The third kappa shape index (κ3) is 3.10. The van der Waals surface area contributed by atoms with Gasteiger partial charge in [0.15, 0.2) is 0 Å². The first-order valence-electron chi connectivity index (χ1n) is 9.24. The van der Waals surface area contributed by atoms with E-state index in [0.717, 1.165) is 16.1 Å². The Kier molecular flexibility index (Phi) is 4.73. The molecule has 3 amide bonds. The molecule has 1 aromatic heterocycles. The van der Waals surface area contributed by atoms with Gasteiger partial charge in [0, 0.05) is 10.9 Å². The topological polar surface area (TPSA) is 62.3 Å². The number of imide groups is 1. The van der Waals surface area contributed by atoms with Crippen LogP contribution < -0.4 is 5.32 Å². The summed E-state index contributed by atoms with van der Waals surface area (Å²) in [6, 6.07) is 17.2. The molecule has 1 atom stereocenters. The Morgan fingerprint density at radius 3 is 2.46 bits per heavy atom. The molecule has 2 heterocycles. The lowest BCUT2D eigenvalue weighted by Gasteiger charge is -2.25. The Bertz CT molecular complexity index is 1010. The van der Waals surface area contributed by atoms with Crippen LogP contribution in [-0.2, 0) is 16.9 Å². The minimum absolute atomic E-state index is 0.168. The lowest BCUT2D eigenvalue weighted by molar-refractivity contribution is -0.132. The number of nitrogens with zero attached hydrogens (tertiary/aromatic N) is 2. The van der Waals surface area contributed by atoms with Gasteiger partial charge in [0.1, 0.15) is 10.5 Å². The third-order valence-corrected chi connectivity index (χ3v) is 6.08. The van der Waals surface area contributed by atoms with Gasteiger partial charge in [-0.1, -0.05) is 67.1 Å². The minimum Gasteiger partial charge on any atom is -0.319 e. The van der Waals surface area contributed by atoms with Gasteiger partial charge in [-0.15, -0.1) is 11.3 Å². The second-order valence-electron chi connectivity index (χ2n) is 6.96. The largest absolute Gasteiger partial charge is 0.325 e. The van der Waals surface area contributed by atoms with Gasteiger partial charge >= 0.3 is 6.03 Å². The number of rotatable bonds is 5. The van der Waals surface area contributed by atoms with E-state index in [2.05, 4.69) is 10.3 Å². The van der Waals surface area contributed by atoms with Gasteiger partial charge < -0.3 is 5.32 Å². The van der Waals surface area contributed by atoms with E-state index in [4.69, 9.17) is 0 Å². The molecule has 5 nitrogen and oxygen atoms in total. The Hall–Kier alpha value is -2.99. The molecule has 1 aliphatic heterocycles. The minimum atomic E-state index is -1.01. The van der Waals surface area contributed by atoms with Crippen molar-refractivity contribution in [2.75, 3.05) is 0 Å². The van der Waals surface area contributed by atoms with Gasteiger partial charge in [0.25, 0.3) is 5.91 Å². The fourth-order valence-corrected chi connectivity index (χ4v) is 4.32. The Morgan fingerprint density at radius 2 is 1.79 bits per heavy atom. The van der Waals surface area contributed by atoms with Crippen LogP contribution in [0.5, 0.6) is 0 Å². The fraction of sp³-hybridized carbons (Fsp3) is 0.227. The first kappa shape index (κ1) is 18.4. The van der Waals surface area contributed by atoms with Crippen LogP contribution in [-0.4, -0.2) is 21.8 Å². The Morgan fingerprint density at radius 1 is 1.07 bits per heavy atom. The van der Waals surface area contributed by atoms with Crippen molar-refractivity contribution < 1.29 is 9.59 Å². The standard InChI is InChI=1S/C22H21N3O2S/c1-3-22(17-7-5-4-6-8-17)20(26)25(21(27)24-22)13-18-14-28-19(23-18)16-11-9-15(2)10-12-16/h4-12,14H,3,13H2,1-2H3,(H,24,27)/t22-/m1/s1. The molecule has 3 aromatic rings. The van der Waals surface area contributed by atoms with Crippen molar-refractivity contribution in [2.45, 2.75) is 32.4 Å². The Balaban J connectivity index is 1.58. The number of carbonyl (C=O) groups excluding carboxylic acids is 2. The van der Waals surface area contributed by atoms with Crippen molar-refractivity contribution in [3.05, 3.63) is 76.8 Å². The molecule has 2 aromatic carbocycles. The molecule has 0 spiro atoms. The average molecular weight is 391 g/mol. The van der Waals surface area contributed by atoms with Crippen LogP contribution in [0.15, 0.2) is 60.0 Å². The molecule has 0 radical (unpaired) electrons. The number of carbonyl (C=O) groups is 2.